The van der Waals surface area contributed by atoms with Crippen molar-refractivity contribution >= 4 is 35.0 Å². The van der Waals surface area contributed by atoms with E-state index < -0.39 is 6.04 Å². The Hall–Kier alpha value is -2.44. The van der Waals surface area contributed by atoms with Crippen LogP contribution in [-0.4, -0.2) is 48.9 Å². The summed E-state index contributed by atoms with van der Waals surface area (Å²) in [5.41, 5.74) is 1.67. The standard InChI is InChI=1S/C29H38Cl2N2O4/c1-3-18-37-25-15-12-22(19-26(25)36-2)28(29(35)32-24-8-6-4-5-7-9-24)33(27(34)20-30)17-16-21-10-13-23(31)14-11-21/h10-15,19,24,28H,3-9,16-18,20H2,1-2H3,(H,32,35)/t28-/m0/s1. The van der Waals surface area contributed by atoms with Gasteiger partial charge in [-0.1, -0.05) is 62.4 Å². The van der Waals surface area contributed by atoms with E-state index in [0.29, 0.717) is 41.7 Å². The Morgan fingerprint density at radius 1 is 1.05 bits per heavy atom. The third kappa shape index (κ3) is 8.54. The van der Waals surface area contributed by atoms with Gasteiger partial charge in [0.2, 0.25) is 11.8 Å². The zero-order valence-electron chi connectivity index (χ0n) is 21.8. The van der Waals surface area contributed by atoms with E-state index in [1.165, 1.54) is 12.8 Å². The Bertz CT molecular complexity index is 1010. The summed E-state index contributed by atoms with van der Waals surface area (Å²) >= 11 is 12.1. The Labute approximate surface area is 230 Å². The van der Waals surface area contributed by atoms with Gasteiger partial charge >= 0.3 is 0 Å². The quantitative estimate of drug-likeness (QED) is 0.248. The van der Waals surface area contributed by atoms with E-state index in [-0.39, 0.29) is 23.7 Å². The first-order valence-corrected chi connectivity index (χ1v) is 14.1. The van der Waals surface area contributed by atoms with E-state index in [2.05, 4.69) is 5.32 Å². The van der Waals surface area contributed by atoms with Gasteiger partial charge in [0.15, 0.2) is 11.5 Å². The van der Waals surface area contributed by atoms with Crippen LogP contribution in [0, 0.1) is 0 Å². The predicted octanol–water partition coefficient (Wildman–Crippen LogP) is 6.33. The molecular formula is C29H38Cl2N2O4. The van der Waals surface area contributed by atoms with Crippen molar-refractivity contribution in [1.29, 1.82) is 0 Å². The third-order valence-corrected chi connectivity index (χ3v) is 7.20. The van der Waals surface area contributed by atoms with Crippen LogP contribution in [0.5, 0.6) is 11.5 Å². The van der Waals surface area contributed by atoms with Gasteiger partial charge in [-0.15, -0.1) is 11.6 Å². The van der Waals surface area contributed by atoms with Gasteiger partial charge in [0, 0.05) is 17.6 Å². The number of nitrogens with zero attached hydrogens (tertiary/aromatic N) is 1. The molecule has 0 radical (unpaired) electrons. The molecule has 1 saturated carbocycles. The molecule has 1 fully saturated rings. The summed E-state index contributed by atoms with van der Waals surface area (Å²) in [5.74, 6) is 0.400. The molecule has 0 unspecified atom stereocenters. The second kappa shape index (κ2) is 15.1. The maximum atomic E-state index is 13.9. The van der Waals surface area contributed by atoms with Crippen LogP contribution in [0.3, 0.4) is 0 Å². The van der Waals surface area contributed by atoms with Gasteiger partial charge in [0.25, 0.3) is 0 Å². The fraction of sp³-hybridized carbons (Fsp3) is 0.517. The summed E-state index contributed by atoms with van der Waals surface area (Å²) in [6.45, 7) is 2.91. The van der Waals surface area contributed by atoms with Crippen molar-refractivity contribution in [3.63, 3.8) is 0 Å². The number of methoxy groups -OCH3 is 1. The molecule has 0 aromatic heterocycles. The maximum absolute atomic E-state index is 13.9. The van der Waals surface area contributed by atoms with Crippen molar-refractivity contribution in [2.45, 2.75) is 70.4 Å². The normalized spacial score (nSPS) is 14.9. The highest BCUT2D eigenvalue weighted by atomic mass is 35.5. The lowest BCUT2D eigenvalue weighted by atomic mass is 10.0. The Morgan fingerprint density at radius 3 is 2.38 bits per heavy atom. The predicted molar refractivity (Wildman–Crippen MR) is 149 cm³/mol. The van der Waals surface area contributed by atoms with E-state index in [4.69, 9.17) is 32.7 Å². The SMILES string of the molecule is CCCOc1ccc([C@@H](C(=O)NC2CCCCCC2)N(CCc2ccc(Cl)cc2)C(=O)CCl)cc1OC. The van der Waals surface area contributed by atoms with Gasteiger partial charge in [0.1, 0.15) is 11.9 Å². The zero-order valence-corrected chi connectivity index (χ0v) is 23.3. The number of halogens is 2. The topological polar surface area (TPSA) is 67.9 Å². The van der Waals surface area contributed by atoms with E-state index in [1.807, 2.05) is 37.3 Å². The number of nitrogens with one attached hydrogen (secondary N) is 1. The van der Waals surface area contributed by atoms with Crippen LogP contribution in [0.2, 0.25) is 5.02 Å². The van der Waals surface area contributed by atoms with Crippen molar-refractivity contribution in [3.05, 3.63) is 58.6 Å². The minimum Gasteiger partial charge on any atom is -0.493 e. The smallest absolute Gasteiger partial charge is 0.247 e. The second-order valence-corrected chi connectivity index (χ2v) is 10.2. The fourth-order valence-corrected chi connectivity index (χ4v) is 5.02. The largest absolute Gasteiger partial charge is 0.493 e. The molecule has 0 aliphatic heterocycles. The molecule has 202 valence electrons. The number of alkyl halides is 1. The molecule has 2 aromatic carbocycles. The first-order valence-electron chi connectivity index (χ1n) is 13.2. The number of amides is 2. The minimum absolute atomic E-state index is 0.0933. The number of carbonyl (C=O) groups is 2. The van der Waals surface area contributed by atoms with E-state index in [9.17, 15) is 9.59 Å². The van der Waals surface area contributed by atoms with Crippen LogP contribution in [0.4, 0.5) is 0 Å². The van der Waals surface area contributed by atoms with Crippen LogP contribution in [0.1, 0.15) is 69.0 Å². The molecule has 0 saturated heterocycles. The van der Waals surface area contributed by atoms with Crippen molar-refractivity contribution in [2.75, 3.05) is 26.1 Å². The molecule has 1 N–H and O–H groups in total. The first-order chi connectivity index (χ1) is 18.0. The van der Waals surface area contributed by atoms with Crippen LogP contribution in [0.25, 0.3) is 0 Å². The average Bonchev–Trinajstić information content (AvgIpc) is 3.18. The van der Waals surface area contributed by atoms with Gasteiger partial charge in [-0.2, -0.15) is 0 Å². The molecule has 37 heavy (non-hydrogen) atoms. The van der Waals surface area contributed by atoms with E-state index in [0.717, 1.165) is 37.7 Å². The highest BCUT2D eigenvalue weighted by Gasteiger charge is 2.33. The summed E-state index contributed by atoms with van der Waals surface area (Å²) in [4.78, 5) is 28.6. The van der Waals surface area contributed by atoms with E-state index >= 15 is 0 Å². The number of ether oxygens (including phenoxy) is 2. The van der Waals surface area contributed by atoms with Crippen LogP contribution in [-0.2, 0) is 16.0 Å². The monoisotopic (exact) mass is 548 g/mol. The lowest BCUT2D eigenvalue weighted by molar-refractivity contribution is -0.139. The average molecular weight is 550 g/mol. The third-order valence-electron chi connectivity index (χ3n) is 6.72. The van der Waals surface area contributed by atoms with Gasteiger partial charge in [-0.25, -0.2) is 0 Å². The molecular weight excluding hydrogens is 511 g/mol. The number of carbonyl (C=O) groups excluding carboxylic acids is 2. The first kappa shape index (κ1) is 29.1. The molecule has 8 heteroatoms. The van der Waals surface area contributed by atoms with Gasteiger partial charge < -0.3 is 19.7 Å². The van der Waals surface area contributed by atoms with Crippen LogP contribution < -0.4 is 14.8 Å². The molecule has 1 aliphatic carbocycles. The number of rotatable bonds is 12. The van der Waals surface area contributed by atoms with Crippen molar-refractivity contribution in [3.8, 4) is 11.5 Å². The van der Waals surface area contributed by atoms with Crippen LogP contribution >= 0.6 is 23.2 Å². The number of hydrogen-bond donors (Lipinski definition) is 1. The van der Waals surface area contributed by atoms with Crippen molar-refractivity contribution in [1.82, 2.24) is 10.2 Å². The summed E-state index contributed by atoms with van der Waals surface area (Å²) in [7, 11) is 1.57. The lowest BCUT2D eigenvalue weighted by Crippen LogP contribution is -2.47. The minimum atomic E-state index is -0.851. The summed E-state index contributed by atoms with van der Waals surface area (Å²) in [5, 5.41) is 3.89. The van der Waals surface area contributed by atoms with Crippen molar-refractivity contribution in [2.24, 2.45) is 0 Å². The molecule has 2 amide bonds. The summed E-state index contributed by atoms with van der Waals surface area (Å²) < 4.78 is 11.4. The number of benzene rings is 2. The summed E-state index contributed by atoms with van der Waals surface area (Å²) in [6.07, 6.45) is 7.86. The van der Waals surface area contributed by atoms with E-state index in [1.54, 1.807) is 24.1 Å². The fourth-order valence-electron chi connectivity index (χ4n) is 4.74. The molecule has 0 heterocycles. The van der Waals surface area contributed by atoms with Crippen LogP contribution in [0.15, 0.2) is 42.5 Å². The molecule has 1 aliphatic rings. The molecule has 0 bridgehead atoms. The second-order valence-electron chi connectivity index (χ2n) is 9.46. The lowest BCUT2D eigenvalue weighted by Gasteiger charge is -2.32. The molecule has 1 atom stereocenters. The van der Waals surface area contributed by atoms with Gasteiger partial charge in [-0.3, -0.25) is 9.59 Å². The molecule has 2 aromatic rings. The zero-order chi connectivity index (χ0) is 26.6. The molecule has 0 spiro atoms. The Morgan fingerprint density at radius 2 is 1.76 bits per heavy atom. The van der Waals surface area contributed by atoms with Gasteiger partial charge in [0.05, 0.1) is 13.7 Å². The summed E-state index contributed by atoms with van der Waals surface area (Å²) in [6, 6.07) is 12.2. The highest BCUT2D eigenvalue weighted by molar-refractivity contribution is 6.30. The molecule has 6 nitrogen and oxygen atoms in total. The van der Waals surface area contributed by atoms with Crippen molar-refractivity contribution < 1.29 is 19.1 Å². The van der Waals surface area contributed by atoms with Gasteiger partial charge in [-0.05, 0) is 61.1 Å². The maximum Gasteiger partial charge on any atom is 0.247 e. The Kier molecular flexibility index (Phi) is 11.9. The number of hydrogen-bond acceptors (Lipinski definition) is 4. The molecule has 3 rings (SSSR count). The Balaban J connectivity index is 1.94. The highest BCUT2D eigenvalue weighted by Crippen LogP contribution is 2.33.